The van der Waals surface area contributed by atoms with Crippen LogP contribution in [0.4, 0.5) is 5.69 Å². The minimum atomic E-state index is 0.699. The fourth-order valence-corrected chi connectivity index (χ4v) is 2.35. The molecule has 3 rings (SSSR count). The monoisotopic (exact) mass is 335 g/mol. The Bertz CT molecular complexity index is 724. The molecule has 0 aliphatic carbocycles. The molecule has 3 aromatic rings. The first kappa shape index (κ1) is 12.5. The number of pyridine rings is 1. The SMILES string of the molecule is Clc1cc(NCc2cnn3ccccc23)ccc1Br. The molecule has 0 amide bonds. The predicted octanol–water partition coefficient (Wildman–Crippen LogP) is 4.36. The summed E-state index contributed by atoms with van der Waals surface area (Å²) < 4.78 is 2.77. The maximum atomic E-state index is 6.07. The van der Waals surface area contributed by atoms with E-state index in [-0.39, 0.29) is 0 Å². The van der Waals surface area contributed by atoms with Crippen LogP contribution < -0.4 is 5.32 Å². The second-order valence-corrected chi connectivity index (χ2v) is 5.44. The van der Waals surface area contributed by atoms with Gasteiger partial charge in [-0.2, -0.15) is 5.10 Å². The first-order valence-electron chi connectivity index (χ1n) is 5.84. The van der Waals surface area contributed by atoms with E-state index < -0.39 is 0 Å². The van der Waals surface area contributed by atoms with Gasteiger partial charge in [-0.1, -0.05) is 17.7 Å². The number of aromatic nitrogens is 2. The Morgan fingerprint density at radius 2 is 2.16 bits per heavy atom. The minimum Gasteiger partial charge on any atom is -0.381 e. The summed E-state index contributed by atoms with van der Waals surface area (Å²) in [6.45, 7) is 0.714. The molecule has 1 N–H and O–H groups in total. The fourth-order valence-electron chi connectivity index (χ4n) is 1.93. The number of hydrogen-bond donors (Lipinski definition) is 1. The van der Waals surface area contributed by atoms with Crippen molar-refractivity contribution in [3.8, 4) is 0 Å². The number of benzene rings is 1. The van der Waals surface area contributed by atoms with Gasteiger partial charge in [-0.05, 0) is 46.3 Å². The van der Waals surface area contributed by atoms with Gasteiger partial charge in [-0.15, -0.1) is 0 Å². The van der Waals surface area contributed by atoms with Gasteiger partial charge in [0.25, 0.3) is 0 Å². The number of nitrogens with zero attached hydrogens (tertiary/aromatic N) is 2. The summed E-state index contributed by atoms with van der Waals surface area (Å²) in [5.74, 6) is 0. The molecule has 0 radical (unpaired) electrons. The van der Waals surface area contributed by atoms with Crippen molar-refractivity contribution in [2.75, 3.05) is 5.32 Å². The lowest BCUT2D eigenvalue weighted by Crippen LogP contribution is -1.99. The van der Waals surface area contributed by atoms with E-state index in [1.165, 1.54) is 0 Å². The summed E-state index contributed by atoms with van der Waals surface area (Å²) in [5.41, 5.74) is 3.25. The van der Waals surface area contributed by atoms with Gasteiger partial charge >= 0.3 is 0 Å². The highest BCUT2D eigenvalue weighted by atomic mass is 79.9. The van der Waals surface area contributed by atoms with Crippen LogP contribution in [0, 0.1) is 0 Å². The molecule has 3 nitrogen and oxygen atoms in total. The summed E-state index contributed by atoms with van der Waals surface area (Å²) in [6, 6.07) is 11.8. The Labute approximate surface area is 124 Å². The molecule has 5 heteroatoms. The van der Waals surface area contributed by atoms with Gasteiger partial charge in [-0.25, -0.2) is 4.52 Å². The lowest BCUT2D eigenvalue weighted by atomic mass is 10.2. The molecule has 0 aliphatic rings. The molecule has 0 spiro atoms. The Morgan fingerprint density at radius 3 is 3.00 bits per heavy atom. The second kappa shape index (κ2) is 5.23. The zero-order chi connectivity index (χ0) is 13.2. The first-order valence-corrected chi connectivity index (χ1v) is 7.01. The van der Waals surface area contributed by atoms with Crippen molar-refractivity contribution in [3.63, 3.8) is 0 Å². The Morgan fingerprint density at radius 1 is 1.26 bits per heavy atom. The van der Waals surface area contributed by atoms with Crippen molar-refractivity contribution in [2.45, 2.75) is 6.54 Å². The average molecular weight is 337 g/mol. The number of anilines is 1. The highest BCUT2D eigenvalue weighted by Crippen LogP contribution is 2.26. The van der Waals surface area contributed by atoms with Crippen molar-refractivity contribution >= 4 is 38.7 Å². The molecular weight excluding hydrogens is 326 g/mol. The van der Waals surface area contributed by atoms with Crippen LogP contribution in [-0.4, -0.2) is 9.61 Å². The summed E-state index contributed by atoms with van der Waals surface area (Å²) >= 11 is 9.44. The van der Waals surface area contributed by atoms with Crippen molar-refractivity contribution in [1.82, 2.24) is 9.61 Å². The van der Waals surface area contributed by atoms with Crippen LogP contribution in [0.3, 0.4) is 0 Å². The molecule has 1 aromatic carbocycles. The minimum absolute atomic E-state index is 0.699. The number of halogens is 2. The van der Waals surface area contributed by atoms with Gasteiger partial charge in [0.15, 0.2) is 0 Å². The van der Waals surface area contributed by atoms with Gasteiger partial charge in [-0.3, -0.25) is 0 Å². The van der Waals surface area contributed by atoms with Crippen LogP contribution in [0.15, 0.2) is 53.3 Å². The third-order valence-corrected chi connectivity index (χ3v) is 4.14. The normalized spacial score (nSPS) is 10.8. The molecule has 0 atom stereocenters. The molecule has 19 heavy (non-hydrogen) atoms. The molecule has 0 saturated heterocycles. The lowest BCUT2D eigenvalue weighted by molar-refractivity contribution is 0.961. The average Bonchev–Trinajstić information content (AvgIpc) is 2.83. The van der Waals surface area contributed by atoms with Crippen molar-refractivity contribution in [3.05, 3.63) is 63.9 Å². The van der Waals surface area contributed by atoms with Gasteiger partial charge in [0, 0.05) is 28.5 Å². The Balaban J connectivity index is 1.80. The summed E-state index contributed by atoms with van der Waals surface area (Å²) in [7, 11) is 0. The van der Waals surface area contributed by atoms with E-state index >= 15 is 0 Å². The summed E-state index contributed by atoms with van der Waals surface area (Å²) in [4.78, 5) is 0. The first-order chi connectivity index (χ1) is 9.24. The molecule has 0 unspecified atom stereocenters. The van der Waals surface area contributed by atoms with E-state index in [2.05, 4.69) is 32.4 Å². The Hall–Kier alpha value is -1.52. The Kier molecular flexibility index (Phi) is 3.44. The van der Waals surface area contributed by atoms with Crippen molar-refractivity contribution in [2.24, 2.45) is 0 Å². The van der Waals surface area contributed by atoms with Gasteiger partial charge in [0.1, 0.15) is 0 Å². The second-order valence-electron chi connectivity index (χ2n) is 4.18. The van der Waals surface area contributed by atoms with Crippen LogP contribution in [0.1, 0.15) is 5.56 Å². The largest absolute Gasteiger partial charge is 0.381 e. The smallest absolute Gasteiger partial charge is 0.0711 e. The maximum absolute atomic E-state index is 6.07. The van der Waals surface area contributed by atoms with Crippen LogP contribution in [0.25, 0.3) is 5.52 Å². The van der Waals surface area contributed by atoms with Gasteiger partial charge in [0.05, 0.1) is 16.7 Å². The van der Waals surface area contributed by atoms with Crippen molar-refractivity contribution in [1.29, 1.82) is 0 Å². The molecule has 0 fully saturated rings. The van der Waals surface area contributed by atoms with Crippen molar-refractivity contribution < 1.29 is 0 Å². The quantitative estimate of drug-likeness (QED) is 0.770. The fraction of sp³-hybridized carbons (Fsp3) is 0.0714. The molecule has 0 bridgehead atoms. The maximum Gasteiger partial charge on any atom is 0.0711 e. The van der Waals surface area contributed by atoms with E-state index in [1.54, 1.807) is 0 Å². The molecular formula is C14H11BrClN3. The van der Waals surface area contributed by atoms with E-state index in [1.807, 2.05) is 47.2 Å². The predicted molar refractivity (Wildman–Crippen MR) is 81.7 cm³/mol. The summed E-state index contributed by atoms with van der Waals surface area (Å²) in [6.07, 6.45) is 3.82. The number of nitrogens with one attached hydrogen (secondary N) is 1. The third kappa shape index (κ3) is 2.60. The van der Waals surface area contributed by atoms with Crippen LogP contribution in [0.5, 0.6) is 0 Å². The topological polar surface area (TPSA) is 29.3 Å². The van der Waals surface area contributed by atoms with E-state index in [4.69, 9.17) is 11.6 Å². The lowest BCUT2D eigenvalue weighted by Gasteiger charge is -2.06. The van der Waals surface area contributed by atoms with E-state index in [9.17, 15) is 0 Å². The van der Waals surface area contributed by atoms with Gasteiger partial charge < -0.3 is 5.32 Å². The molecule has 2 heterocycles. The van der Waals surface area contributed by atoms with Crippen LogP contribution >= 0.6 is 27.5 Å². The zero-order valence-electron chi connectivity index (χ0n) is 9.98. The van der Waals surface area contributed by atoms with Crippen LogP contribution in [-0.2, 0) is 6.54 Å². The highest BCUT2D eigenvalue weighted by Gasteiger charge is 2.03. The van der Waals surface area contributed by atoms with Crippen LogP contribution in [0.2, 0.25) is 5.02 Å². The molecule has 0 aliphatic heterocycles. The molecule has 2 aromatic heterocycles. The van der Waals surface area contributed by atoms with Gasteiger partial charge in [0.2, 0.25) is 0 Å². The van der Waals surface area contributed by atoms with E-state index in [0.717, 1.165) is 21.2 Å². The third-order valence-electron chi connectivity index (χ3n) is 2.91. The zero-order valence-corrected chi connectivity index (χ0v) is 12.3. The number of rotatable bonds is 3. The molecule has 0 saturated carbocycles. The standard InChI is InChI=1S/C14H11BrClN3/c15-12-5-4-11(7-13(12)16)17-8-10-9-18-19-6-2-1-3-14(10)19/h1-7,9,17H,8H2. The molecule has 96 valence electrons. The van der Waals surface area contributed by atoms with E-state index in [0.29, 0.717) is 11.6 Å². The summed E-state index contributed by atoms with van der Waals surface area (Å²) in [5, 5.41) is 8.35. The number of hydrogen-bond acceptors (Lipinski definition) is 2. The highest BCUT2D eigenvalue weighted by molar-refractivity contribution is 9.10. The number of fused-ring (bicyclic) bond motifs is 1.